The van der Waals surface area contributed by atoms with Gasteiger partial charge in [0.05, 0.1) is 0 Å². The second-order valence-corrected chi connectivity index (χ2v) is 6.82. The fourth-order valence-electron chi connectivity index (χ4n) is 3.22. The van der Waals surface area contributed by atoms with Crippen molar-refractivity contribution in [1.29, 1.82) is 0 Å². The van der Waals surface area contributed by atoms with Gasteiger partial charge >= 0.3 is 6.03 Å². The first-order valence-corrected chi connectivity index (χ1v) is 9.00. The van der Waals surface area contributed by atoms with Crippen LogP contribution in [0.25, 0.3) is 0 Å². The molecular weight excluding hydrogens is 316 g/mol. The molecule has 1 heterocycles. The van der Waals surface area contributed by atoms with E-state index in [1.807, 2.05) is 25.2 Å². The lowest BCUT2D eigenvalue weighted by Gasteiger charge is -2.22. The minimum Gasteiger partial charge on any atom is -0.345 e. The summed E-state index contributed by atoms with van der Waals surface area (Å²) in [5, 5.41) is 2.96. The molecule has 1 atom stereocenters. The van der Waals surface area contributed by atoms with Crippen molar-refractivity contribution in [2.24, 2.45) is 5.92 Å². The van der Waals surface area contributed by atoms with Crippen molar-refractivity contribution >= 4 is 17.6 Å². The van der Waals surface area contributed by atoms with Gasteiger partial charge in [0.1, 0.15) is 0 Å². The summed E-state index contributed by atoms with van der Waals surface area (Å²) in [5.74, 6) is 0.366. The maximum atomic E-state index is 12.4. The molecule has 6 nitrogen and oxygen atoms in total. The quantitative estimate of drug-likeness (QED) is 0.825. The Hall–Kier alpha value is -2.08. The largest absolute Gasteiger partial charge is 0.345 e. The number of nitrogens with zero attached hydrogens (tertiary/aromatic N) is 3. The van der Waals surface area contributed by atoms with Gasteiger partial charge in [0.2, 0.25) is 5.91 Å². The third-order valence-corrected chi connectivity index (χ3v) is 4.78. The van der Waals surface area contributed by atoms with Crippen LogP contribution in [0, 0.1) is 5.92 Å². The molecule has 1 aromatic rings. The lowest BCUT2D eigenvalue weighted by Crippen LogP contribution is -2.36. The van der Waals surface area contributed by atoms with E-state index in [0.29, 0.717) is 13.0 Å². The molecule has 1 fully saturated rings. The number of nitrogens with one attached hydrogen (secondary N) is 1. The smallest absolute Gasteiger partial charge is 0.321 e. The minimum atomic E-state index is -0.137. The van der Waals surface area contributed by atoms with E-state index < -0.39 is 0 Å². The van der Waals surface area contributed by atoms with Crippen LogP contribution in [0.5, 0.6) is 0 Å². The number of hydrogen-bond donors (Lipinski definition) is 1. The second kappa shape index (κ2) is 8.85. The van der Waals surface area contributed by atoms with Crippen LogP contribution < -0.4 is 5.32 Å². The summed E-state index contributed by atoms with van der Waals surface area (Å²) < 4.78 is 0. The maximum Gasteiger partial charge on any atom is 0.321 e. The van der Waals surface area contributed by atoms with E-state index in [2.05, 4.69) is 30.1 Å². The van der Waals surface area contributed by atoms with Gasteiger partial charge in [-0.3, -0.25) is 9.69 Å². The predicted octanol–water partition coefficient (Wildman–Crippen LogP) is 2.47. The van der Waals surface area contributed by atoms with E-state index in [0.717, 1.165) is 31.9 Å². The summed E-state index contributed by atoms with van der Waals surface area (Å²) in [7, 11) is 3.58. The average molecular weight is 346 g/mol. The van der Waals surface area contributed by atoms with Crippen LogP contribution in [0.2, 0.25) is 0 Å². The number of rotatable bonds is 7. The molecule has 1 aromatic carbocycles. The van der Waals surface area contributed by atoms with E-state index in [4.69, 9.17) is 0 Å². The molecular formula is C19H30N4O2. The average Bonchev–Trinajstić information content (AvgIpc) is 2.90. The Morgan fingerprint density at radius 1 is 1.32 bits per heavy atom. The van der Waals surface area contributed by atoms with Crippen LogP contribution in [-0.4, -0.2) is 66.9 Å². The van der Waals surface area contributed by atoms with Crippen LogP contribution in [-0.2, 0) is 11.3 Å². The number of carbonyl (C=O) groups is 2. The van der Waals surface area contributed by atoms with Crippen LogP contribution in [0.3, 0.4) is 0 Å². The van der Waals surface area contributed by atoms with Crippen molar-refractivity contribution in [1.82, 2.24) is 14.7 Å². The number of carbonyl (C=O) groups excluding carboxylic acids is 2. The summed E-state index contributed by atoms with van der Waals surface area (Å²) >= 11 is 0. The molecule has 0 radical (unpaired) electrons. The topological polar surface area (TPSA) is 55.9 Å². The molecule has 1 aliphatic rings. The molecule has 0 aliphatic carbocycles. The first-order valence-electron chi connectivity index (χ1n) is 9.00. The van der Waals surface area contributed by atoms with Gasteiger partial charge in [-0.15, -0.1) is 0 Å². The van der Waals surface area contributed by atoms with E-state index in [-0.39, 0.29) is 17.9 Å². The number of amides is 3. The van der Waals surface area contributed by atoms with E-state index in [9.17, 15) is 9.59 Å². The molecule has 1 aliphatic heterocycles. The maximum absolute atomic E-state index is 12.4. The van der Waals surface area contributed by atoms with Crippen LogP contribution in [0.4, 0.5) is 10.5 Å². The number of hydrogen-bond acceptors (Lipinski definition) is 3. The normalized spacial score (nSPS) is 17.2. The predicted molar refractivity (Wildman–Crippen MR) is 100 cm³/mol. The standard InChI is InChI=1S/C19H30N4O2/c1-5-23(6-2)14-15-8-7-9-17(10-15)20-19(25)22(4)13-16-11-18(24)21(3)12-16/h7-10,16H,5-6,11-14H2,1-4H3,(H,20,25)/t16-/m1/s1. The summed E-state index contributed by atoms with van der Waals surface area (Å²) in [6.07, 6.45) is 0.521. The summed E-state index contributed by atoms with van der Waals surface area (Å²) in [4.78, 5) is 29.7. The first kappa shape index (κ1) is 19.2. The lowest BCUT2D eigenvalue weighted by molar-refractivity contribution is -0.126. The second-order valence-electron chi connectivity index (χ2n) is 6.82. The van der Waals surface area contributed by atoms with E-state index in [1.165, 1.54) is 5.56 Å². The Labute approximate surface area is 150 Å². The molecule has 25 heavy (non-hydrogen) atoms. The highest BCUT2D eigenvalue weighted by molar-refractivity contribution is 5.89. The summed E-state index contributed by atoms with van der Waals surface area (Å²) in [5.41, 5.74) is 1.99. The monoisotopic (exact) mass is 346 g/mol. The zero-order valence-corrected chi connectivity index (χ0v) is 15.8. The van der Waals surface area contributed by atoms with E-state index in [1.54, 1.807) is 16.8 Å². The van der Waals surface area contributed by atoms with Crippen LogP contribution >= 0.6 is 0 Å². The van der Waals surface area contributed by atoms with Crippen LogP contribution in [0.15, 0.2) is 24.3 Å². The number of likely N-dealkylation sites (tertiary alicyclic amines) is 1. The zero-order chi connectivity index (χ0) is 18.4. The fourth-order valence-corrected chi connectivity index (χ4v) is 3.22. The Morgan fingerprint density at radius 3 is 2.64 bits per heavy atom. The summed E-state index contributed by atoms with van der Waals surface area (Å²) in [6.45, 7) is 8.49. The van der Waals surface area contributed by atoms with Crippen molar-refractivity contribution in [3.8, 4) is 0 Å². The molecule has 0 aromatic heterocycles. The SMILES string of the molecule is CCN(CC)Cc1cccc(NC(=O)N(C)C[C@@H]2CC(=O)N(C)C2)c1. The highest BCUT2D eigenvalue weighted by Crippen LogP contribution is 2.18. The van der Waals surface area contributed by atoms with Crippen molar-refractivity contribution in [3.05, 3.63) is 29.8 Å². The highest BCUT2D eigenvalue weighted by Gasteiger charge is 2.28. The third-order valence-electron chi connectivity index (χ3n) is 4.78. The van der Waals surface area contributed by atoms with E-state index >= 15 is 0 Å². The molecule has 0 bridgehead atoms. The molecule has 0 unspecified atom stereocenters. The van der Waals surface area contributed by atoms with Gasteiger partial charge in [-0.25, -0.2) is 4.79 Å². The van der Waals surface area contributed by atoms with Crippen molar-refractivity contribution < 1.29 is 9.59 Å². The Morgan fingerprint density at radius 2 is 2.04 bits per heavy atom. The van der Waals surface area contributed by atoms with Crippen LogP contribution in [0.1, 0.15) is 25.8 Å². The molecule has 1 saturated heterocycles. The number of benzene rings is 1. The third kappa shape index (κ3) is 5.46. The molecule has 0 saturated carbocycles. The van der Waals surface area contributed by atoms with Gasteiger partial charge in [-0.1, -0.05) is 26.0 Å². The zero-order valence-electron chi connectivity index (χ0n) is 15.8. The number of anilines is 1. The van der Waals surface area contributed by atoms with Gasteiger partial charge in [0.25, 0.3) is 0 Å². The van der Waals surface area contributed by atoms with Gasteiger partial charge < -0.3 is 15.1 Å². The highest BCUT2D eigenvalue weighted by atomic mass is 16.2. The summed E-state index contributed by atoms with van der Waals surface area (Å²) in [6, 6.07) is 7.85. The molecule has 138 valence electrons. The minimum absolute atomic E-state index is 0.137. The molecule has 6 heteroatoms. The number of urea groups is 1. The van der Waals surface area contributed by atoms with Gasteiger partial charge in [0.15, 0.2) is 0 Å². The molecule has 3 amide bonds. The van der Waals surface area contributed by atoms with Crippen molar-refractivity contribution in [2.45, 2.75) is 26.8 Å². The fraction of sp³-hybridized carbons (Fsp3) is 0.579. The first-order chi connectivity index (χ1) is 11.9. The van der Waals surface area contributed by atoms with Crippen molar-refractivity contribution in [3.63, 3.8) is 0 Å². The Kier molecular flexibility index (Phi) is 6.82. The Bertz CT molecular complexity index is 601. The molecule has 0 spiro atoms. The van der Waals surface area contributed by atoms with Gasteiger partial charge in [-0.2, -0.15) is 0 Å². The van der Waals surface area contributed by atoms with Gasteiger partial charge in [0, 0.05) is 51.8 Å². The molecule has 2 rings (SSSR count). The Balaban J connectivity index is 1.90. The molecule has 1 N–H and O–H groups in total. The lowest BCUT2D eigenvalue weighted by atomic mass is 10.1. The van der Waals surface area contributed by atoms with Crippen molar-refractivity contribution in [2.75, 3.05) is 45.6 Å². The van der Waals surface area contributed by atoms with Gasteiger partial charge in [-0.05, 0) is 30.8 Å².